The lowest BCUT2D eigenvalue weighted by atomic mass is 9.94. The van der Waals surface area contributed by atoms with Crippen molar-refractivity contribution in [3.63, 3.8) is 0 Å². The molecule has 0 rings (SSSR count). The Kier molecular flexibility index (Phi) is 6.49. The predicted octanol–water partition coefficient (Wildman–Crippen LogP) is 1.48. The molecule has 0 aliphatic rings. The van der Waals surface area contributed by atoms with Crippen LogP contribution in [-0.4, -0.2) is 30.8 Å². The molecule has 5 nitrogen and oxygen atoms in total. The van der Waals surface area contributed by atoms with Gasteiger partial charge in [0.1, 0.15) is 0 Å². The molecular weight excluding hydrogens is 198 g/mol. The van der Waals surface area contributed by atoms with E-state index in [9.17, 15) is 9.59 Å². The van der Waals surface area contributed by atoms with E-state index in [1.807, 2.05) is 13.8 Å². The summed E-state index contributed by atoms with van der Waals surface area (Å²) in [5.41, 5.74) is 0. The first kappa shape index (κ1) is 13.7. The van der Waals surface area contributed by atoms with Gasteiger partial charge in [0.15, 0.2) is 0 Å². The Morgan fingerprint density at radius 3 is 2.40 bits per heavy atom. The fourth-order valence-electron chi connectivity index (χ4n) is 1.46. The van der Waals surface area contributed by atoms with Crippen molar-refractivity contribution < 1.29 is 19.4 Å². The number of esters is 1. The molecule has 0 aromatic rings. The number of nitrogens with one attached hydrogen (secondary N) is 1. The molecule has 0 fully saturated rings. The summed E-state index contributed by atoms with van der Waals surface area (Å²) in [6.45, 7) is 4.36. The first-order valence-electron chi connectivity index (χ1n) is 4.99. The smallest absolute Gasteiger partial charge is 0.404 e. The zero-order valence-corrected chi connectivity index (χ0v) is 9.45. The molecule has 0 heterocycles. The van der Waals surface area contributed by atoms with Crippen LogP contribution in [0.3, 0.4) is 0 Å². The molecular formula is C10H19NO4. The minimum atomic E-state index is -1.06. The Hall–Kier alpha value is -1.26. The van der Waals surface area contributed by atoms with Crippen LogP contribution in [0.15, 0.2) is 0 Å². The van der Waals surface area contributed by atoms with Gasteiger partial charge in [-0.3, -0.25) is 4.79 Å². The van der Waals surface area contributed by atoms with Crippen LogP contribution >= 0.6 is 0 Å². The van der Waals surface area contributed by atoms with Crippen LogP contribution in [0.5, 0.6) is 0 Å². The SMILES string of the molecule is COC(=O)C[C@@H](CNC(=O)O)CC(C)C. The van der Waals surface area contributed by atoms with Gasteiger partial charge in [0.05, 0.1) is 13.5 Å². The lowest BCUT2D eigenvalue weighted by Gasteiger charge is -2.17. The lowest BCUT2D eigenvalue weighted by molar-refractivity contribution is -0.141. The Bertz CT molecular complexity index is 215. The van der Waals surface area contributed by atoms with Gasteiger partial charge in [0.2, 0.25) is 0 Å². The Morgan fingerprint density at radius 2 is 2.00 bits per heavy atom. The number of hydrogen-bond donors (Lipinski definition) is 2. The molecule has 0 aliphatic heterocycles. The summed E-state index contributed by atoms with van der Waals surface area (Å²) in [5.74, 6) is 0.136. The number of carbonyl (C=O) groups is 2. The summed E-state index contributed by atoms with van der Waals surface area (Å²) in [5, 5.41) is 10.7. The van der Waals surface area contributed by atoms with E-state index >= 15 is 0 Å². The van der Waals surface area contributed by atoms with E-state index in [1.54, 1.807) is 0 Å². The topological polar surface area (TPSA) is 75.6 Å². The zero-order valence-electron chi connectivity index (χ0n) is 9.45. The number of rotatable bonds is 6. The predicted molar refractivity (Wildman–Crippen MR) is 55.6 cm³/mol. The van der Waals surface area contributed by atoms with Crippen molar-refractivity contribution in [2.45, 2.75) is 26.7 Å². The Morgan fingerprint density at radius 1 is 1.40 bits per heavy atom. The van der Waals surface area contributed by atoms with Gasteiger partial charge in [0.25, 0.3) is 0 Å². The average molecular weight is 217 g/mol. The summed E-state index contributed by atoms with van der Waals surface area (Å²) in [4.78, 5) is 21.4. The average Bonchev–Trinajstić information content (AvgIpc) is 2.13. The third-order valence-corrected chi connectivity index (χ3v) is 2.03. The summed E-state index contributed by atoms with van der Waals surface area (Å²) in [6, 6.07) is 0. The van der Waals surface area contributed by atoms with E-state index < -0.39 is 6.09 Å². The van der Waals surface area contributed by atoms with Gasteiger partial charge < -0.3 is 15.2 Å². The second kappa shape index (κ2) is 7.09. The molecule has 5 heteroatoms. The highest BCUT2D eigenvalue weighted by Gasteiger charge is 2.16. The molecule has 0 bridgehead atoms. The monoisotopic (exact) mass is 217 g/mol. The van der Waals surface area contributed by atoms with Gasteiger partial charge >= 0.3 is 12.1 Å². The van der Waals surface area contributed by atoms with E-state index in [4.69, 9.17) is 5.11 Å². The van der Waals surface area contributed by atoms with Crippen LogP contribution in [0, 0.1) is 11.8 Å². The highest BCUT2D eigenvalue weighted by Crippen LogP contribution is 2.15. The summed E-state index contributed by atoms with van der Waals surface area (Å²) >= 11 is 0. The fraction of sp³-hybridized carbons (Fsp3) is 0.800. The first-order chi connectivity index (χ1) is 6.95. The minimum Gasteiger partial charge on any atom is -0.469 e. The minimum absolute atomic E-state index is 0.00792. The second-order valence-corrected chi connectivity index (χ2v) is 3.96. The molecule has 15 heavy (non-hydrogen) atoms. The number of amides is 1. The standard InChI is InChI=1S/C10H19NO4/c1-7(2)4-8(5-9(12)15-3)6-11-10(13)14/h7-8,11H,4-6H2,1-3H3,(H,13,14)/t8-/m0/s1. The normalized spacial score (nSPS) is 12.3. The maximum atomic E-state index is 11.1. The molecule has 0 radical (unpaired) electrons. The van der Waals surface area contributed by atoms with Crippen molar-refractivity contribution in [2.75, 3.05) is 13.7 Å². The Balaban J connectivity index is 4.05. The quantitative estimate of drug-likeness (QED) is 0.661. The molecule has 1 amide bonds. The molecule has 1 atom stereocenters. The van der Waals surface area contributed by atoms with Gasteiger partial charge in [-0.05, 0) is 18.3 Å². The van der Waals surface area contributed by atoms with E-state index in [0.29, 0.717) is 12.5 Å². The summed E-state index contributed by atoms with van der Waals surface area (Å²) < 4.78 is 4.55. The van der Waals surface area contributed by atoms with Crippen molar-refractivity contribution in [1.29, 1.82) is 0 Å². The largest absolute Gasteiger partial charge is 0.469 e. The van der Waals surface area contributed by atoms with Gasteiger partial charge in [-0.2, -0.15) is 0 Å². The second-order valence-electron chi connectivity index (χ2n) is 3.96. The van der Waals surface area contributed by atoms with E-state index in [0.717, 1.165) is 6.42 Å². The van der Waals surface area contributed by atoms with Crippen LogP contribution in [0.2, 0.25) is 0 Å². The van der Waals surface area contributed by atoms with Crippen molar-refractivity contribution in [3.05, 3.63) is 0 Å². The third kappa shape index (κ3) is 7.78. The molecule has 0 saturated heterocycles. The number of methoxy groups -OCH3 is 1. The fourth-order valence-corrected chi connectivity index (χ4v) is 1.46. The van der Waals surface area contributed by atoms with Gasteiger partial charge in [0, 0.05) is 6.54 Å². The van der Waals surface area contributed by atoms with Crippen LogP contribution in [0.1, 0.15) is 26.7 Å². The lowest BCUT2D eigenvalue weighted by Crippen LogP contribution is -2.29. The van der Waals surface area contributed by atoms with E-state index in [2.05, 4.69) is 10.1 Å². The highest BCUT2D eigenvalue weighted by atomic mass is 16.5. The first-order valence-corrected chi connectivity index (χ1v) is 4.99. The van der Waals surface area contributed by atoms with Crippen molar-refractivity contribution in [3.8, 4) is 0 Å². The van der Waals surface area contributed by atoms with Crippen LogP contribution in [0.4, 0.5) is 4.79 Å². The third-order valence-electron chi connectivity index (χ3n) is 2.03. The highest BCUT2D eigenvalue weighted by molar-refractivity contribution is 5.69. The van der Waals surface area contributed by atoms with Gasteiger partial charge in [-0.1, -0.05) is 13.8 Å². The van der Waals surface area contributed by atoms with Crippen LogP contribution in [0.25, 0.3) is 0 Å². The maximum absolute atomic E-state index is 11.1. The molecule has 0 spiro atoms. The molecule has 0 saturated carbocycles. The number of carboxylic acid groups (broad SMARTS) is 1. The number of ether oxygens (including phenoxy) is 1. The van der Waals surface area contributed by atoms with Crippen molar-refractivity contribution in [2.24, 2.45) is 11.8 Å². The molecule has 0 unspecified atom stereocenters. The summed E-state index contributed by atoms with van der Waals surface area (Å²) in [6.07, 6.45) is -0.00160. The van der Waals surface area contributed by atoms with Crippen molar-refractivity contribution >= 4 is 12.1 Å². The molecule has 0 aromatic carbocycles. The molecule has 2 N–H and O–H groups in total. The van der Waals surface area contributed by atoms with E-state index in [-0.39, 0.29) is 18.3 Å². The molecule has 0 aliphatic carbocycles. The van der Waals surface area contributed by atoms with Crippen LogP contribution < -0.4 is 5.32 Å². The maximum Gasteiger partial charge on any atom is 0.404 e. The van der Waals surface area contributed by atoms with Gasteiger partial charge in [-0.25, -0.2) is 4.79 Å². The van der Waals surface area contributed by atoms with Crippen LogP contribution in [-0.2, 0) is 9.53 Å². The molecule has 88 valence electrons. The molecule has 0 aromatic heterocycles. The summed E-state index contributed by atoms with van der Waals surface area (Å²) in [7, 11) is 1.33. The Labute approximate surface area is 89.8 Å². The van der Waals surface area contributed by atoms with Crippen molar-refractivity contribution in [1.82, 2.24) is 5.32 Å². The number of hydrogen-bond acceptors (Lipinski definition) is 3. The van der Waals surface area contributed by atoms with E-state index in [1.165, 1.54) is 7.11 Å². The zero-order chi connectivity index (χ0) is 11.8. The van der Waals surface area contributed by atoms with Gasteiger partial charge in [-0.15, -0.1) is 0 Å². The number of carbonyl (C=O) groups excluding carboxylic acids is 1.